The van der Waals surface area contributed by atoms with Gasteiger partial charge in [0.05, 0.1) is 0 Å². The van der Waals surface area contributed by atoms with Crippen LogP contribution < -0.4 is 5.43 Å². The second-order valence-corrected chi connectivity index (χ2v) is 2.97. The van der Waals surface area contributed by atoms with Gasteiger partial charge < -0.3 is 0 Å². The number of rotatable bonds is 3. The number of aryl methyl sites for hydroxylation is 1. The van der Waals surface area contributed by atoms with Gasteiger partial charge >= 0.3 is 0 Å². The van der Waals surface area contributed by atoms with Crippen LogP contribution in [0, 0.1) is 0 Å². The minimum Gasteiger partial charge on any atom is -0.290 e. The van der Waals surface area contributed by atoms with E-state index in [-0.39, 0.29) is 5.43 Å². The summed E-state index contributed by atoms with van der Waals surface area (Å²) in [6.45, 7) is 0. The highest BCUT2D eigenvalue weighted by atomic mass is 35.5. The highest BCUT2D eigenvalue weighted by Crippen LogP contribution is 1.96. The molecule has 0 radical (unpaired) electrons. The van der Waals surface area contributed by atoms with E-state index in [2.05, 4.69) is 0 Å². The fourth-order valence-corrected chi connectivity index (χ4v) is 1.17. The summed E-state index contributed by atoms with van der Waals surface area (Å²) in [6.07, 6.45) is 1.64. The van der Waals surface area contributed by atoms with Gasteiger partial charge in [0, 0.05) is 5.88 Å². The normalized spacial score (nSPS) is 9.75. The molecule has 0 saturated carbocycles. The number of alkyl halides is 1. The van der Waals surface area contributed by atoms with Crippen molar-refractivity contribution in [1.82, 2.24) is 0 Å². The predicted octanol–water partition coefficient (Wildman–Crippen LogP) is 2.22. The van der Waals surface area contributed by atoms with Crippen molar-refractivity contribution in [3.8, 4) is 0 Å². The Labute approximate surface area is 77.0 Å². The summed E-state index contributed by atoms with van der Waals surface area (Å²) in [4.78, 5) is 11.3. The van der Waals surface area contributed by atoms with Crippen LogP contribution >= 0.6 is 11.6 Å². The van der Waals surface area contributed by atoms with E-state index in [0.29, 0.717) is 5.88 Å². The van der Waals surface area contributed by atoms with Crippen molar-refractivity contribution < 1.29 is 0 Å². The van der Waals surface area contributed by atoms with Crippen LogP contribution in [-0.4, -0.2) is 5.88 Å². The molecule has 1 rings (SSSR count). The van der Waals surface area contributed by atoms with Gasteiger partial charge in [0.15, 0.2) is 5.43 Å². The highest BCUT2D eigenvalue weighted by molar-refractivity contribution is 6.17. The molecular weight excluding hydrogens is 172 g/mol. The maximum absolute atomic E-state index is 11.3. The molecule has 0 unspecified atom stereocenters. The number of hydrogen-bond acceptors (Lipinski definition) is 1. The van der Waals surface area contributed by atoms with Crippen LogP contribution in [0.1, 0.15) is 12.0 Å². The minimum absolute atomic E-state index is 0.102. The molecule has 0 saturated heterocycles. The summed E-state index contributed by atoms with van der Waals surface area (Å²) in [5.74, 6) is 0.609. The van der Waals surface area contributed by atoms with Crippen molar-refractivity contribution in [2.75, 3.05) is 5.88 Å². The quantitative estimate of drug-likeness (QED) is 0.656. The Balaban J connectivity index is 2.86. The van der Waals surface area contributed by atoms with E-state index in [1.807, 2.05) is 18.2 Å². The minimum atomic E-state index is 0.102. The summed E-state index contributed by atoms with van der Waals surface area (Å²) < 4.78 is 0. The first kappa shape index (κ1) is 9.27. The fourth-order valence-electron chi connectivity index (χ4n) is 1.03. The molecule has 0 N–H and O–H groups in total. The first-order valence-corrected chi connectivity index (χ1v) is 4.52. The molecule has 0 aromatic heterocycles. The first-order valence-electron chi connectivity index (χ1n) is 3.99. The van der Waals surface area contributed by atoms with Crippen molar-refractivity contribution in [2.45, 2.75) is 12.8 Å². The fraction of sp³-hybridized carbons (Fsp3) is 0.300. The Morgan fingerprint density at radius 2 is 1.92 bits per heavy atom. The predicted molar refractivity (Wildman–Crippen MR) is 51.8 cm³/mol. The van der Waals surface area contributed by atoms with Gasteiger partial charge in [-0.25, -0.2) is 0 Å². The third kappa shape index (κ3) is 2.67. The Hall–Kier alpha value is -0.820. The molecule has 0 aliphatic rings. The molecule has 0 aliphatic heterocycles. The highest BCUT2D eigenvalue weighted by Gasteiger charge is 1.94. The smallest absolute Gasteiger partial charge is 0.181 e. The van der Waals surface area contributed by atoms with Crippen molar-refractivity contribution in [3.63, 3.8) is 0 Å². The van der Waals surface area contributed by atoms with E-state index in [1.165, 1.54) is 0 Å². The molecule has 12 heavy (non-hydrogen) atoms. The van der Waals surface area contributed by atoms with Crippen LogP contribution in [0.15, 0.2) is 35.1 Å². The Morgan fingerprint density at radius 1 is 1.17 bits per heavy atom. The molecule has 0 aliphatic carbocycles. The van der Waals surface area contributed by atoms with E-state index in [0.717, 1.165) is 18.4 Å². The molecule has 0 fully saturated rings. The molecule has 0 bridgehead atoms. The Kier molecular flexibility index (Phi) is 3.81. The second-order valence-electron chi connectivity index (χ2n) is 2.59. The zero-order valence-corrected chi connectivity index (χ0v) is 7.55. The maximum atomic E-state index is 11.3. The van der Waals surface area contributed by atoms with Gasteiger partial charge in [-0.05, 0) is 24.5 Å². The van der Waals surface area contributed by atoms with E-state index < -0.39 is 0 Å². The summed E-state index contributed by atoms with van der Waals surface area (Å²) in [7, 11) is 0. The van der Waals surface area contributed by atoms with E-state index in [4.69, 9.17) is 11.6 Å². The molecule has 64 valence electrons. The van der Waals surface area contributed by atoms with Crippen molar-refractivity contribution in [3.05, 3.63) is 46.1 Å². The average molecular weight is 183 g/mol. The topological polar surface area (TPSA) is 17.1 Å². The van der Waals surface area contributed by atoms with Gasteiger partial charge in [-0.2, -0.15) is 0 Å². The number of hydrogen-bond donors (Lipinski definition) is 0. The molecule has 2 heteroatoms. The molecule has 1 nitrogen and oxygen atoms in total. The van der Waals surface area contributed by atoms with Gasteiger partial charge in [0.25, 0.3) is 0 Å². The first-order chi connectivity index (χ1) is 5.84. The molecule has 0 atom stereocenters. The van der Waals surface area contributed by atoms with Gasteiger partial charge in [0.2, 0.25) is 0 Å². The molecule has 1 aromatic carbocycles. The molecule has 0 heterocycles. The van der Waals surface area contributed by atoms with Gasteiger partial charge in [-0.15, -0.1) is 11.6 Å². The van der Waals surface area contributed by atoms with Gasteiger partial charge in [0.1, 0.15) is 0 Å². The molecule has 1 aromatic rings. The SMILES string of the molecule is O=c1cccccc1CCCCl. The maximum Gasteiger partial charge on any atom is 0.181 e. The van der Waals surface area contributed by atoms with E-state index in [1.54, 1.807) is 12.1 Å². The van der Waals surface area contributed by atoms with Crippen LogP contribution in [0.5, 0.6) is 0 Å². The summed E-state index contributed by atoms with van der Waals surface area (Å²) >= 11 is 5.53. The lowest BCUT2D eigenvalue weighted by molar-refractivity contribution is 0.923. The monoisotopic (exact) mass is 182 g/mol. The second kappa shape index (κ2) is 4.94. The summed E-state index contributed by atoms with van der Waals surface area (Å²) in [5, 5.41) is 0. The van der Waals surface area contributed by atoms with Crippen LogP contribution in [-0.2, 0) is 6.42 Å². The van der Waals surface area contributed by atoms with Crippen LogP contribution in [0.3, 0.4) is 0 Å². The third-order valence-corrected chi connectivity index (χ3v) is 1.93. The molecular formula is C10H11ClO. The van der Waals surface area contributed by atoms with Crippen LogP contribution in [0.2, 0.25) is 0 Å². The lowest BCUT2D eigenvalue weighted by atomic mass is 10.2. The molecule has 0 amide bonds. The van der Waals surface area contributed by atoms with E-state index >= 15 is 0 Å². The third-order valence-electron chi connectivity index (χ3n) is 1.66. The average Bonchev–Trinajstić information content (AvgIpc) is 2.27. The van der Waals surface area contributed by atoms with Crippen LogP contribution in [0.25, 0.3) is 0 Å². The Morgan fingerprint density at radius 3 is 2.67 bits per heavy atom. The standard InChI is InChI=1S/C10H11ClO/c11-8-4-6-9-5-2-1-3-7-10(9)12/h1-3,5,7H,4,6,8H2. The van der Waals surface area contributed by atoms with Gasteiger partial charge in [-0.1, -0.05) is 24.3 Å². The largest absolute Gasteiger partial charge is 0.290 e. The Bertz CT molecular complexity index is 296. The van der Waals surface area contributed by atoms with Crippen molar-refractivity contribution in [2.24, 2.45) is 0 Å². The zero-order valence-electron chi connectivity index (χ0n) is 6.79. The zero-order chi connectivity index (χ0) is 8.81. The summed E-state index contributed by atoms with van der Waals surface area (Å²) in [5.41, 5.74) is 0.950. The van der Waals surface area contributed by atoms with Crippen molar-refractivity contribution >= 4 is 11.6 Å². The lowest BCUT2D eigenvalue weighted by Crippen LogP contribution is -2.03. The van der Waals surface area contributed by atoms with Gasteiger partial charge in [-0.3, -0.25) is 4.79 Å². The number of halogens is 1. The molecule has 0 spiro atoms. The van der Waals surface area contributed by atoms with Crippen molar-refractivity contribution in [1.29, 1.82) is 0 Å². The lowest BCUT2D eigenvalue weighted by Gasteiger charge is -1.91. The summed E-state index contributed by atoms with van der Waals surface area (Å²) in [6, 6.07) is 8.93. The van der Waals surface area contributed by atoms with Crippen LogP contribution in [0.4, 0.5) is 0 Å². The van der Waals surface area contributed by atoms with E-state index in [9.17, 15) is 4.79 Å².